The van der Waals surface area contributed by atoms with Crippen molar-refractivity contribution < 1.29 is 4.79 Å². The highest BCUT2D eigenvalue weighted by molar-refractivity contribution is 7.98. The summed E-state index contributed by atoms with van der Waals surface area (Å²) in [5.74, 6) is 0.291. The molecule has 1 N–H and O–H groups in total. The fraction of sp³-hybridized carbons (Fsp3) is 0.0952. The van der Waals surface area contributed by atoms with E-state index in [2.05, 4.69) is 10.3 Å². The zero-order valence-corrected chi connectivity index (χ0v) is 17.8. The van der Waals surface area contributed by atoms with Gasteiger partial charge in [0.05, 0.1) is 11.4 Å². The molecule has 0 radical (unpaired) electrons. The topological polar surface area (TPSA) is 63.5 Å². The van der Waals surface area contributed by atoms with Gasteiger partial charge in [0.2, 0.25) is 0 Å². The molecule has 0 aliphatic heterocycles. The summed E-state index contributed by atoms with van der Waals surface area (Å²) in [5, 5.41) is 5.36. The standard InChI is InChI=1S/C21H16ClN3O2S2/c1-13-11-29-21-23-16(10-19(26)25(13)21)12-28-18-8-3-2-7-17(18)24-20(27)14-5-4-6-15(22)9-14/h2-11H,12H2,1H3,(H,24,27). The second-order valence-corrected chi connectivity index (χ2v) is 8.62. The number of hydrogen-bond acceptors (Lipinski definition) is 5. The lowest BCUT2D eigenvalue weighted by Gasteiger charge is -2.11. The van der Waals surface area contributed by atoms with Crippen LogP contribution < -0.4 is 10.9 Å². The van der Waals surface area contributed by atoms with Gasteiger partial charge in [0.15, 0.2) is 4.96 Å². The summed E-state index contributed by atoms with van der Waals surface area (Å²) in [6, 6.07) is 15.9. The molecular formula is C21H16ClN3O2S2. The van der Waals surface area contributed by atoms with Crippen LogP contribution in [0.4, 0.5) is 5.69 Å². The maximum atomic E-state index is 12.6. The molecule has 0 aliphatic rings. The summed E-state index contributed by atoms with van der Waals surface area (Å²) in [6.07, 6.45) is 0. The third-order valence-electron chi connectivity index (χ3n) is 4.23. The van der Waals surface area contributed by atoms with E-state index >= 15 is 0 Å². The van der Waals surface area contributed by atoms with Crippen molar-refractivity contribution in [2.24, 2.45) is 0 Å². The van der Waals surface area contributed by atoms with Crippen LogP contribution >= 0.6 is 34.7 Å². The summed E-state index contributed by atoms with van der Waals surface area (Å²) < 4.78 is 1.61. The maximum absolute atomic E-state index is 12.6. The number of amides is 1. The molecule has 0 unspecified atom stereocenters. The van der Waals surface area contributed by atoms with Crippen molar-refractivity contribution in [3.63, 3.8) is 0 Å². The first-order valence-corrected chi connectivity index (χ1v) is 11.0. The average Bonchev–Trinajstić information content (AvgIpc) is 3.08. The second kappa shape index (κ2) is 8.41. The Kier molecular flexibility index (Phi) is 5.71. The Labute approximate surface area is 180 Å². The summed E-state index contributed by atoms with van der Waals surface area (Å²) in [6.45, 7) is 1.89. The number of carbonyl (C=O) groups excluding carboxylic acids is 1. The van der Waals surface area contributed by atoms with Crippen molar-refractivity contribution in [1.29, 1.82) is 0 Å². The number of thiazole rings is 1. The van der Waals surface area contributed by atoms with Gasteiger partial charge >= 0.3 is 0 Å². The molecule has 1 amide bonds. The van der Waals surface area contributed by atoms with Crippen LogP contribution in [0.5, 0.6) is 0 Å². The van der Waals surface area contributed by atoms with Crippen LogP contribution in [0.3, 0.4) is 0 Å². The van der Waals surface area contributed by atoms with Crippen molar-refractivity contribution in [2.75, 3.05) is 5.32 Å². The Hall–Kier alpha value is -2.61. The maximum Gasteiger partial charge on any atom is 0.258 e. The average molecular weight is 442 g/mol. The third kappa shape index (κ3) is 4.37. The molecule has 4 aromatic rings. The van der Waals surface area contributed by atoms with Crippen LogP contribution in [-0.4, -0.2) is 15.3 Å². The minimum absolute atomic E-state index is 0.0769. The number of thioether (sulfide) groups is 1. The molecule has 5 nitrogen and oxygen atoms in total. The van der Waals surface area contributed by atoms with Crippen LogP contribution in [-0.2, 0) is 5.75 Å². The zero-order valence-electron chi connectivity index (χ0n) is 15.4. The van der Waals surface area contributed by atoms with Gasteiger partial charge in [-0.3, -0.25) is 14.0 Å². The molecular weight excluding hydrogens is 426 g/mol. The Morgan fingerprint density at radius 1 is 1.21 bits per heavy atom. The van der Waals surface area contributed by atoms with Gasteiger partial charge in [-0.05, 0) is 37.3 Å². The number of nitrogens with one attached hydrogen (secondary N) is 1. The third-order valence-corrected chi connectivity index (χ3v) is 6.51. The molecule has 29 heavy (non-hydrogen) atoms. The Balaban J connectivity index is 1.53. The summed E-state index contributed by atoms with van der Waals surface area (Å²) in [4.78, 5) is 31.1. The van der Waals surface area contributed by atoms with Gasteiger partial charge < -0.3 is 5.32 Å². The predicted molar refractivity (Wildman–Crippen MR) is 119 cm³/mol. The van der Waals surface area contributed by atoms with Gasteiger partial charge in [0, 0.05) is 38.4 Å². The van der Waals surface area contributed by atoms with E-state index in [1.54, 1.807) is 34.7 Å². The van der Waals surface area contributed by atoms with E-state index in [9.17, 15) is 9.59 Å². The van der Waals surface area contributed by atoms with Crippen LogP contribution in [0.25, 0.3) is 4.96 Å². The van der Waals surface area contributed by atoms with E-state index < -0.39 is 0 Å². The van der Waals surface area contributed by atoms with E-state index in [1.165, 1.54) is 23.1 Å². The lowest BCUT2D eigenvalue weighted by atomic mass is 10.2. The number of para-hydroxylation sites is 1. The number of nitrogens with zero attached hydrogens (tertiary/aromatic N) is 2. The molecule has 2 heterocycles. The molecule has 146 valence electrons. The monoisotopic (exact) mass is 441 g/mol. The molecule has 2 aromatic heterocycles. The van der Waals surface area contributed by atoms with E-state index in [1.807, 2.05) is 36.6 Å². The lowest BCUT2D eigenvalue weighted by Crippen LogP contribution is -2.14. The number of anilines is 1. The fourth-order valence-electron chi connectivity index (χ4n) is 2.85. The van der Waals surface area contributed by atoms with E-state index in [0.717, 1.165) is 10.6 Å². The van der Waals surface area contributed by atoms with Crippen molar-refractivity contribution in [3.05, 3.63) is 92.3 Å². The van der Waals surface area contributed by atoms with E-state index in [0.29, 0.717) is 32.7 Å². The van der Waals surface area contributed by atoms with Gasteiger partial charge in [-0.2, -0.15) is 0 Å². The largest absolute Gasteiger partial charge is 0.321 e. The van der Waals surface area contributed by atoms with Gasteiger partial charge in [-0.15, -0.1) is 23.1 Å². The quantitative estimate of drug-likeness (QED) is 0.429. The smallest absolute Gasteiger partial charge is 0.258 e. The van der Waals surface area contributed by atoms with Crippen LogP contribution in [0, 0.1) is 6.92 Å². The summed E-state index contributed by atoms with van der Waals surface area (Å²) in [7, 11) is 0. The minimum atomic E-state index is -0.229. The number of benzene rings is 2. The molecule has 0 saturated heterocycles. The fourth-order valence-corrected chi connectivity index (χ4v) is 4.83. The van der Waals surface area contributed by atoms with Crippen LogP contribution in [0.15, 0.2) is 69.7 Å². The van der Waals surface area contributed by atoms with Crippen LogP contribution in [0.2, 0.25) is 5.02 Å². The highest BCUT2D eigenvalue weighted by atomic mass is 35.5. The van der Waals surface area contributed by atoms with Gasteiger partial charge in [-0.1, -0.05) is 29.8 Å². The van der Waals surface area contributed by atoms with Crippen LogP contribution in [0.1, 0.15) is 21.7 Å². The molecule has 0 saturated carbocycles. The normalized spacial score (nSPS) is 11.0. The highest BCUT2D eigenvalue weighted by Crippen LogP contribution is 2.30. The molecule has 0 aliphatic carbocycles. The first-order valence-electron chi connectivity index (χ1n) is 8.77. The molecule has 0 spiro atoms. The number of fused-ring (bicyclic) bond motifs is 1. The van der Waals surface area contributed by atoms with Gasteiger partial charge in [0.1, 0.15) is 0 Å². The number of carbonyl (C=O) groups is 1. The highest BCUT2D eigenvalue weighted by Gasteiger charge is 2.11. The van der Waals surface area contributed by atoms with Gasteiger partial charge in [-0.25, -0.2) is 4.98 Å². The zero-order chi connectivity index (χ0) is 20.4. The summed E-state index contributed by atoms with van der Waals surface area (Å²) in [5.41, 5.74) is 2.71. The first kappa shape index (κ1) is 19.7. The Morgan fingerprint density at radius 3 is 2.86 bits per heavy atom. The van der Waals surface area contributed by atoms with E-state index in [4.69, 9.17) is 11.6 Å². The number of aryl methyl sites for hydroxylation is 1. The van der Waals surface area contributed by atoms with E-state index in [-0.39, 0.29) is 11.5 Å². The van der Waals surface area contributed by atoms with Crippen molar-refractivity contribution in [3.8, 4) is 0 Å². The molecule has 0 bridgehead atoms. The molecule has 0 fully saturated rings. The number of halogens is 1. The Morgan fingerprint density at radius 2 is 2.03 bits per heavy atom. The molecule has 2 aromatic carbocycles. The first-order chi connectivity index (χ1) is 14.0. The predicted octanol–water partition coefficient (Wildman–Crippen LogP) is 5.26. The van der Waals surface area contributed by atoms with Gasteiger partial charge in [0.25, 0.3) is 11.5 Å². The summed E-state index contributed by atoms with van der Waals surface area (Å²) >= 11 is 8.95. The Bertz CT molecular complexity index is 1270. The minimum Gasteiger partial charge on any atom is -0.321 e. The van der Waals surface area contributed by atoms with Crippen molar-refractivity contribution in [2.45, 2.75) is 17.6 Å². The SMILES string of the molecule is Cc1csc2nc(CSc3ccccc3NC(=O)c3cccc(Cl)c3)cc(=O)n12. The second-order valence-electron chi connectivity index (χ2n) is 6.33. The molecule has 4 rings (SSSR count). The number of rotatable bonds is 5. The number of hydrogen-bond donors (Lipinski definition) is 1. The van der Waals surface area contributed by atoms with Crippen molar-refractivity contribution in [1.82, 2.24) is 9.38 Å². The number of aromatic nitrogens is 2. The lowest BCUT2D eigenvalue weighted by molar-refractivity contribution is 0.102. The van der Waals surface area contributed by atoms with Crippen molar-refractivity contribution >= 4 is 51.3 Å². The molecule has 0 atom stereocenters. The molecule has 8 heteroatoms.